The van der Waals surface area contributed by atoms with E-state index in [1.165, 1.54) is 5.56 Å². The highest BCUT2D eigenvalue weighted by molar-refractivity contribution is 5.95. The van der Waals surface area contributed by atoms with Gasteiger partial charge in [-0.15, -0.1) is 0 Å². The van der Waals surface area contributed by atoms with Gasteiger partial charge in [0.15, 0.2) is 0 Å². The summed E-state index contributed by atoms with van der Waals surface area (Å²) in [4.78, 5) is 32.3. The van der Waals surface area contributed by atoms with Gasteiger partial charge in [-0.1, -0.05) is 60.2 Å². The maximum Gasteiger partial charge on any atom is 0.338 e. The molecule has 1 saturated heterocycles. The Kier molecular flexibility index (Phi) is 7.65. The van der Waals surface area contributed by atoms with E-state index in [9.17, 15) is 9.59 Å². The van der Waals surface area contributed by atoms with Crippen molar-refractivity contribution in [2.24, 2.45) is 0 Å². The number of amides is 2. The number of carbonyl (C=O) groups is 2. The summed E-state index contributed by atoms with van der Waals surface area (Å²) in [6.45, 7) is 9.18. The topological polar surface area (TPSA) is 65.1 Å². The predicted molar refractivity (Wildman–Crippen MR) is 132 cm³/mol. The number of benzene rings is 2. The number of aryl methyl sites for hydroxylation is 1. The van der Waals surface area contributed by atoms with E-state index >= 15 is 0 Å². The van der Waals surface area contributed by atoms with Crippen LogP contribution in [0.5, 0.6) is 0 Å². The lowest BCUT2D eigenvalue weighted by molar-refractivity contribution is -0.139. The molecular formula is C27H34N4O3. The Labute approximate surface area is 202 Å². The Morgan fingerprint density at radius 3 is 2.21 bits per heavy atom. The number of ether oxygens (including phenoxy) is 1. The van der Waals surface area contributed by atoms with Crippen molar-refractivity contribution >= 4 is 12.0 Å². The van der Waals surface area contributed by atoms with Gasteiger partial charge >= 0.3 is 12.0 Å². The van der Waals surface area contributed by atoms with Crippen LogP contribution in [0.2, 0.25) is 0 Å². The van der Waals surface area contributed by atoms with Crippen molar-refractivity contribution in [2.75, 3.05) is 46.4 Å². The number of urea groups is 1. The molecule has 2 aromatic carbocycles. The molecule has 2 amide bonds. The summed E-state index contributed by atoms with van der Waals surface area (Å²) in [5, 5.41) is 2.99. The molecule has 2 heterocycles. The van der Waals surface area contributed by atoms with Crippen molar-refractivity contribution in [1.29, 1.82) is 0 Å². The average Bonchev–Trinajstić information content (AvgIpc) is 2.84. The second-order valence-electron chi connectivity index (χ2n) is 8.97. The number of piperazine rings is 1. The fourth-order valence-corrected chi connectivity index (χ4v) is 4.57. The van der Waals surface area contributed by atoms with Crippen LogP contribution < -0.4 is 5.32 Å². The molecule has 34 heavy (non-hydrogen) atoms. The third kappa shape index (κ3) is 5.48. The van der Waals surface area contributed by atoms with Crippen molar-refractivity contribution in [3.63, 3.8) is 0 Å². The molecule has 0 bridgehead atoms. The van der Waals surface area contributed by atoms with Gasteiger partial charge in [0.1, 0.15) is 0 Å². The third-order valence-electron chi connectivity index (χ3n) is 6.57. The van der Waals surface area contributed by atoms with Gasteiger partial charge in [-0.2, -0.15) is 0 Å². The fraction of sp³-hybridized carbons (Fsp3) is 0.407. The molecule has 2 aromatic rings. The highest BCUT2D eigenvalue weighted by Gasteiger charge is 2.37. The van der Waals surface area contributed by atoms with Crippen molar-refractivity contribution in [2.45, 2.75) is 26.4 Å². The van der Waals surface area contributed by atoms with Crippen LogP contribution in [0, 0.1) is 6.92 Å². The maximum absolute atomic E-state index is 13.1. The third-order valence-corrected chi connectivity index (χ3v) is 6.57. The molecule has 2 aliphatic rings. The zero-order chi connectivity index (χ0) is 24.1. The zero-order valence-electron chi connectivity index (χ0n) is 20.3. The van der Waals surface area contributed by atoms with Gasteiger partial charge in [0.2, 0.25) is 0 Å². The Hall–Kier alpha value is -3.16. The first-order chi connectivity index (χ1) is 16.5. The SMILES string of the molecule is CCOC(=O)C1=C(CN2CCN(Cc3ccccc3)CC2)N(C)C(=O)NC1c1ccc(C)cc1. The number of nitrogens with zero attached hydrogens (tertiary/aromatic N) is 3. The number of hydrogen-bond donors (Lipinski definition) is 1. The summed E-state index contributed by atoms with van der Waals surface area (Å²) in [5.41, 5.74) is 4.54. The molecule has 7 nitrogen and oxygen atoms in total. The van der Waals surface area contributed by atoms with Crippen molar-refractivity contribution in [3.8, 4) is 0 Å². The molecule has 1 unspecified atom stereocenters. The molecule has 0 aliphatic carbocycles. The van der Waals surface area contributed by atoms with Crippen LogP contribution >= 0.6 is 0 Å². The first-order valence-electron chi connectivity index (χ1n) is 12.0. The van der Waals surface area contributed by atoms with Gasteiger partial charge < -0.3 is 10.1 Å². The number of hydrogen-bond acceptors (Lipinski definition) is 5. The van der Waals surface area contributed by atoms with Crippen LogP contribution in [0.25, 0.3) is 0 Å². The minimum Gasteiger partial charge on any atom is -0.463 e. The predicted octanol–water partition coefficient (Wildman–Crippen LogP) is 3.33. The van der Waals surface area contributed by atoms with Crippen LogP contribution in [0.1, 0.15) is 29.7 Å². The molecule has 1 N–H and O–H groups in total. The van der Waals surface area contributed by atoms with Crippen molar-refractivity contribution in [1.82, 2.24) is 20.0 Å². The fourth-order valence-electron chi connectivity index (χ4n) is 4.57. The number of esters is 1. The quantitative estimate of drug-likeness (QED) is 0.640. The molecule has 1 atom stereocenters. The van der Waals surface area contributed by atoms with Crippen LogP contribution in [0.15, 0.2) is 65.9 Å². The Morgan fingerprint density at radius 2 is 1.59 bits per heavy atom. The molecule has 180 valence electrons. The zero-order valence-corrected chi connectivity index (χ0v) is 20.3. The van der Waals surface area contributed by atoms with Crippen molar-refractivity contribution in [3.05, 3.63) is 82.6 Å². The van der Waals surface area contributed by atoms with Gasteiger partial charge in [-0.05, 0) is 25.0 Å². The summed E-state index contributed by atoms with van der Waals surface area (Å²) in [5.74, 6) is -0.377. The van der Waals surface area contributed by atoms with Gasteiger partial charge in [-0.3, -0.25) is 14.7 Å². The lowest BCUT2D eigenvalue weighted by atomic mass is 9.93. The lowest BCUT2D eigenvalue weighted by Crippen LogP contribution is -2.52. The summed E-state index contributed by atoms with van der Waals surface area (Å²) in [6.07, 6.45) is 0. The van der Waals surface area contributed by atoms with Gasteiger partial charge in [0.05, 0.1) is 18.2 Å². The van der Waals surface area contributed by atoms with E-state index < -0.39 is 6.04 Å². The molecule has 2 aliphatic heterocycles. The van der Waals surface area contributed by atoms with E-state index in [1.807, 2.05) is 37.3 Å². The molecule has 4 rings (SSSR count). The van der Waals surface area contributed by atoms with E-state index in [0.29, 0.717) is 17.8 Å². The minimum atomic E-state index is -0.530. The molecule has 0 saturated carbocycles. The van der Waals surface area contributed by atoms with Crippen LogP contribution in [0.4, 0.5) is 4.79 Å². The van der Waals surface area contributed by atoms with Gasteiger partial charge in [-0.25, -0.2) is 9.59 Å². The smallest absolute Gasteiger partial charge is 0.338 e. The van der Waals surface area contributed by atoms with E-state index in [2.05, 4.69) is 39.4 Å². The number of nitrogens with one attached hydrogen (secondary N) is 1. The Balaban J connectivity index is 1.55. The maximum atomic E-state index is 13.1. The average molecular weight is 463 g/mol. The molecular weight excluding hydrogens is 428 g/mol. The number of likely N-dealkylation sites (N-methyl/N-ethyl adjacent to an activating group) is 1. The Bertz CT molecular complexity index is 1030. The molecule has 0 aromatic heterocycles. The second kappa shape index (κ2) is 10.8. The van der Waals surface area contributed by atoms with E-state index in [-0.39, 0.29) is 18.6 Å². The van der Waals surface area contributed by atoms with Gasteiger partial charge in [0, 0.05) is 52.0 Å². The minimum absolute atomic E-state index is 0.212. The number of carbonyl (C=O) groups excluding carboxylic acids is 2. The normalized spacial score (nSPS) is 19.8. The highest BCUT2D eigenvalue weighted by atomic mass is 16.5. The first kappa shape index (κ1) is 24.0. The van der Waals surface area contributed by atoms with Gasteiger partial charge in [0.25, 0.3) is 0 Å². The van der Waals surface area contributed by atoms with E-state index in [4.69, 9.17) is 4.74 Å². The summed E-state index contributed by atoms with van der Waals surface area (Å²) in [6, 6.07) is 17.7. The summed E-state index contributed by atoms with van der Waals surface area (Å²) < 4.78 is 5.44. The molecule has 1 fully saturated rings. The largest absolute Gasteiger partial charge is 0.463 e. The second-order valence-corrected chi connectivity index (χ2v) is 8.97. The highest BCUT2D eigenvalue weighted by Crippen LogP contribution is 2.31. The van der Waals surface area contributed by atoms with E-state index in [0.717, 1.165) is 43.9 Å². The van der Waals surface area contributed by atoms with Crippen LogP contribution in [-0.2, 0) is 16.1 Å². The summed E-state index contributed by atoms with van der Waals surface area (Å²) >= 11 is 0. The first-order valence-corrected chi connectivity index (χ1v) is 12.0. The monoisotopic (exact) mass is 462 g/mol. The van der Waals surface area contributed by atoms with Crippen LogP contribution in [-0.4, -0.2) is 73.1 Å². The van der Waals surface area contributed by atoms with Crippen LogP contribution in [0.3, 0.4) is 0 Å². The lowest BCUT2D eigenvalue weighted by Gasteiger charge is -2.39. The molecule has 7 heteroatoms. The number of rotatable bonds is 7. The molecule has 0 radical (unpaired) electrons. The standard InChI is InChI=1S/C27H34N4O3/c1-4-34-26(32)24-23(29(3)27(33)28-25(24)22-12-10-20(2)11-13-22)19-31-16-14-30(15-17-31)18-21-8-6-5-7-9-21/h5-13,25H,4,14-19H2,1-3H3,(H,28,33). The summed E-state index contributed by atoms with van der Waals surface area (Å²) in [7, 11) is 1.72. The van der Waals surface area contributed by atoms with Crippen molar-refractivity contribution < 1.29 is 14.3 Å². The van der Waals surface area contributed by atoms with E-state index in [1.54, 1.807) is 18.9 Å². The molecule has 0 spiro atoms. The Morgan fingerprint density at radius 1 is 0.971 bits per heavy atom.